The molecule has 56 heavy (non-hydrogen) atoms. The molecule has 5 aliphatic rings. The molecule has 1 aromatic carbocycles. The first kappa shape index (κ1) is 40.2. The highest BCUT2D eigenvalue weighted by molar-refractivity contribution is 7.91. The van der Waals surface area contributed by atoms with E-state index in [4.69, 9.17) is 19.2 Å². The Labute approximate surface area is 330 Å². The van der Waals surface area contributed by atoms with Crippen molar-refractivity contribution in [3.63, 3.8) is 0 Å². The fourth-order valence-corrected chi connectivity index (χ4v) is 10.3. The number of fused-ring (bicyclic) bond motifs is 5. The maximum atomic E-state index is 14.9. The normalized spacial score (nSPS) is 31.1. The van der Waals surface area contributed by atoms with Crippen molar-refractivity contribution in [1.29, 1.82) is 0 Å². The van der Waals surface area contributed by atoms with Crippen molar-refractivity contribution in [1.82, 2.24) is 14.6 Å². The molecule has 2 saturated carbocycles. The van der Waals surface area contributed by atoms with Gasteiger partial charge in [0.2, 0.25) is 33.6 Å². The van der Waals surface area contributed by atoms with Crippen molar-refractivity contribution >= 4 is 44.4 Å². The molecule has 0 bridgehead atoms. The number of nitrogens with zero attached hydrogens (tertiary/aromatic N) is 2. The highest BCUT2D eigenvalue weighted by Crippen LogP contribution is 2.58. The van der Waals surface area contributed by atoms with Gasteiger partial charge >= 0.3 is 5.97 Å². The van der Waals surface area contributed by atoms with Crippen LogP contribution in [0.5, 0.6) is 11.8 Å². The zero-order valence-electron chi connectivity index (χ0n) is 33.6. The first-order valence-electron chi connectivity index (χ1n) is 20.4. The summed E-state index contributed by atoms with van der Waals surface area (Å²) in [5.74, 6) is -2.07. The van der Waals surface area contributed by atoms with E-state index >= 15 is 0 Å². The number of rotatable bonds is 7. The summed E-state index contributed by atoms with van der Waals surface area (Å²) in [5.41, 5.74) is -0.990. The highest BCUT2D eigenvalue weighted by Gasteiger charge is 2.62. The van der Waals surface area contributed by atoms with Crippen LogP contribution in [0, 0.1) is 29.1 Å². The molecule has 4 heterocycles. The summed E-state index contributed by atoms with van der Waals surface area (Å²) in [6.45, 7) is 11.7. The van der Waals surface area contributed by atoms with Crippen LogP contribution in [0.25, 0.3) is 10.8 Å². The number of aryl methyl sites for hydroxylation is 1. The fourth-order valence-electron chi connectivity index (χ4n) is 8.94. The van der Waals surface area contributed by atoms with Crippen LogP contribution in [0.15, 0.2) is 36.4 Å². The molecule has 13 heteroatoms. The van der Waals surface area contributed by atoms with Crippen LogP contribution in [0.2, 0.25) is 0 Å². The number of pyridine rings is 1. The first-order chi connectivity index (χ1) is 26.4. The summed E-state index contributed by atoms with van der Waals surface area (Å²) in [7, 11) is -3.95. The Bertz CT molecular complexity index is 2040. The molecule has 1 aromatic heterocycles. The molecule has 3 fully saturated rings. The molecule has 2 amide bonds. The molecular weight excluding hydrogens is 735 g/mol. The predicted octanol–water partition coefficient (Wildman–Crippen LogP) is 6.23. The third-order valence-corrected chi connectivity index (χ3v) is 14.8. The quantitative estimate of drug-likeness (QED) is 0.252. The second kappa shape index (κ2) is 15.1. The number of hydrogen-bond donors (Lipinski definition) is 1. The maximum Gasteiger partial charge on any atom is 0.307 e. The van der Waals surface area contributed by atoms with Gasteiger partial charge in [0, 0.05) is 23.8 Å². The molecule has 0 spiro atoms. The van der Waals surface area contributed by atoms with Crippen LogP contribution in [0.3, 0.4) is 0 Å². The minimum absolute atomic E-state index is 0.0611. The Hall–Kier alpha value is -4.00. The van der Waals surface area contributed by atoms with E-state index in [2.05, 4.69) is 11.6 Å². The minimum Gasteiger partial charge on any atom is -0.477 e. The third kappa shape index (κ3) is 8.20. The van der Waals surface area contributed by atoms with Gasteiger partial charge in [0.25, 0.3) is 0 Å². The average Bonchev–Trinajstić information content (AvgIpc) is 4.01. The number of aromatic nitrogens is 1. The van der Waals surface area contributed by atoms with Crippen molar-refractivity contribution in [2.45, 2.75) is 135 Å². The molecular formula is C43H57N3O9S. The van der Waals surface area contributed by atoms with Crippen LogP contribution in [-0.2, 0) is 40.4 Å². The van der Waals surface area contributed by atoms with Crippen LogP contribution >= 0.6 is 0 Å². The second-order valence-corrected chi connectivity index (χ2v) is 20.6. The van der Waals surface area contributed by atoms with Crippen LogP contribution < -0.4 is 14.2 Å². The lowest BCUT2D eigenvalue weighted by atomic mass is 9.82. The summed E-state index contributed by atoms with van der Waals surface area (Å²) < 4.78 is 46.2. The van der Waals surface area contributed by atoms with E-state index in [-0.39, 0.29) is 55.3 Å². The molecule has 7 atom stereocenters. The number of carbonyl (C=O) groups excluding carboxylic acids is 4. The molecule has 7 rings (SSSR count). The Balaban J connectivity index is 1.24. The Morgan fingerprint density at radius 3 is 2.54 bits per heavy atom. The van der Waals surface area contributed by atoms with Crippen LogP contribution in [-0.4, -0.2) is 77.5 Å². The Morgan fingerprint density at radius 2 is 1.82 bits per heavy atom. The second-order valence-electron chi connectivity index (χ2n) is 18.4. The third-order valence-electron chi connectivity index (χ3n) is 12.6. The number of carbonyl (C=O) groups is 4. The number of benzene rings is 1. The monoisotopic (exact) mass is 791 g/mol. The van der Waals surface area contributed by atoms with E-state index in [1.54, 1.807) is 32.6 Å². The van der Waals surface area contributed by atoms with E-state index in [1.165, 1.54) is 0 Å². The molecule has 3 aliphatic heterocycles. The summed E-state index contributed by atoms with van der Waals surface area (Å²) >= 11 is 0. The van der Waals surface area contributed by atoms with Gasteiger partial charge in [0.15, 0.2) is 5.78 Å². The molecule has 2 aromatic rings. The molecule has 0 unspecified atom stereocenters. The Morgan fingerprint density at radius 1 is 1.09 bits per heavy atom. The number of ether oxygens (including phenoxy) is 3. The van der Waals surface area contributed by atoms with E-state index in [1.807, 2.05) is 43.3 Å². The molecule has 1 N–H and O–H groups in total. The van der Waals surface area contributed by atoms with E-state index in [9.17, 15) is 27.6 Å². The van der Waals surface area contributed by atoms with Gasteiger partial charge in [0.1, 0.15) is 11.7 Å². The van der Waals surface area contributed by atoms with Crippen molar-refractivity contribution in [2.24, 2.45) is 29.1 Å². The van der Waals surface area contributed by atoms with Crippen LogP contribution in [0.1, 0.15) is 111 Å². The van der Waals surface area contributed by atoms with E-state index < -0.39 is 55.7 Å². The topological polar surface area (TPSA) is 158 Å². The smallest absolute Gasteiger partial charge is 0.307 e. The van der Waals surface area contributed by atoms with E-state index in [0.717, 1.165) is 42.0 Å². The number of esters is 1. The van der Waals surface area contributed by atoms with E-state index in [0.29, 0.717) is 44.1 Å². The molecule has 2 aliphatic carbocycles. The number of sulfonamides is 1. The number of ketones is 1. The SMILES string of the molecule is C[C@@H]1CC/C=C\[C@@H]2C[C@@]2(C(=O)NS(=O)(=O)C2(C)CC2)CC(=O)[C@@H]2C[C@@H](Oc3nc4c(c5ccccc35)CCCO4)CN2C(=O)[C@@H](CC(=O)OC(C)(C)C)[C@H](C)C1. The molecule has 12 nitrogen and oxygen atoms in total. The largest absolute Gasteiger partial charge is 0.477 e. The predicted molar refractivity (Wildman–Crippen MR) is 210 cm³/mol. The van der Waals surface area contributed by atoms with Gasteiger partial charge in [-0.2, -0.15) is 4.98 Å². The zero-order chi connectivity index (χ0) is 40.2. The number of nitrogens with one attached hydrogen (secondary N) is 1. The summed E-state index contributed by atoms with van der Waals surface area (Å²) in [6, 6.07) is 6.85. The van der Waals surface area contributed by atoms with Gasteiger partial charge in [-0.15, -0.1) is 0 Å². The standard InChI is InChI=1S/C43H57N3O9S/c1-26-12-7-8-13-28-23-43(28,40(50)45-56(51,52)42(6)17-18-42)24-35(47)34-21-29(25-46(34)39(49)33(27(2)20-26)22-36(48)55-41(3,4)5)54-38-32-15-10-9-14-30(32)31-16-11-19-53-37(31)44-38/h8-10,13-15,26-29,33-34H,7,11-12,16-25H2,1-6H3,(H,45,50)/b13-8-/t26-,27-,28-,29-,33+,34+,43-/m1/s1. The van der Waals surface area contributed by atoms with Crippen LogP contribution in [0.4, 0.5) is 0 Å². The van der Waals surface area contributed by atoms with Crippen molar-refractivity contribution in [3.05, 3.63) is 42.0 Å². The van der Waals surface area contributed by atoms with Gasteiger partial charge in [-0.05, 0) is 108 Å². The number of hydrogen-bond acceptors (Lipinski definition) is 10. The lowest BCUT2D eigenvalue weighted by molar-refractivity contribution is -0.160. The van der Waals surface area contributed by atoms with Gasteiger partial charge in [0.05, 0.1) is 41.7 Å². The minimum atomic E-state index is -3.95. The van der Waals surface area contributed by atoms with Gasteiger partial charge in [-0.25, -0.2) is 8.42 Å². The first-order valence-corrected chi connectivity index (χ1v) is 21.9. The van der Waals surface area contributed by atoms with Crippen molar-refractivity contribution in [2.75, 3.05) is 13.2 Å². The average molecular weight is 792 g/mol. The van der Waals surface area contributed by atoms with Gasteiger partial charge < -0.3 is 19.1 Å². The van der Waals surface area contributed by atoms with Crippen molar-refractivity contribution < 1.29 is 41.8 Å². The highest BCUT2D eigenvalue weighted by atomic mass is 32.2. The summed E-state index contributed by atoms with van der Waals surface area (Å²) in [4.78, 5) is 63.4. The maximum absolute atomic E-state index is 14.9. The number of Topliss-reactive ketones (excluding diaryl/α,β-unsaturated/α-hetero) is 1. The lowest BCUT2D eigenvalue weighted by Crippen LogP contribution is -2.48. The molecule has 304 valence electrons. The van der Waals surface area contributed by atoms with Crippen molar-refractivity contribution in [3.8, 4) is 11.8 Å². The zero-order valence-corrected chi connectivity index (χ0v) is 34.4. The molecule has 0 radical (unpaired) electrons. The van der Waals surface area contributed by atoms with Gasteiger partial charge in [-0.3, -0.25) is 23.9 Å². The molecule has 1 saturated heterocycles. The summed E-state index contributed by atoms with van der Waals surface area (Å²) in [6.07, 6.45) is 8.27. The number of amides is 2. The lowest BCUT2D eigenvalue weighted by Gasteiger charge is -2.32. The van der Waals surface area contributed by atoms with Gasteiger partial charge in [-0.1, -0.05) is 44.2 Å². The fraction of sp³-hybridized carbons (Fsp3) is 0.651. The Kier molecular flexibility index (Phi) is 10.8. The number of allylic oxidation sites excluding steroid dienone is 2. The summed E-state index contributed by atoms with van der Waals surface area (Å²) in [5, 5.41) is 1.78.